The third-order valence-corrected chi connectivity index (χ3v) is 4.72. The number of nitrogens with one attached hydrogen (secondary N) is 1. The Balaban J connectivity index is 1.42. The molecule has 0 unspecified atom stereocenters. The van der Waals surface area contributed by atoms with Crippen LogP contribution < -0.4 is 10.1 Å². The SMILES string of the molecule is CCOc1ccc(-c2cnc(CCC(=O)NCCC3=CCCCC3)o2)cc1. The number of carbonyl (C=O) groups is 1. The Morgan fingerprint density at radius 3 is 2.81 bits per heavy atom. The molecule has 0 atom stereocenters. The highest BCUT2D eigenvalue weighted by molar-refractivity contribution is 5.76. The molecule has 0 saturated heterocycles. The second-order valence-electron chi connectivity index (χ2n) is 6.78. The maximum absolute atomic E-state index is 12.0. The molecule has 3 rings (SSSR count). The van der Waals surface area contributed by atoms with E-state index in [2.05, 4.69) is 16.4 Å². The molecule has 5 heteroatoms. The summed E-state index contributed by atoms with van der Waals surface area (Å²) in [5.41, 5.74) is 2.43. The molecule has 0 fully saturated rings. The Morgan fingerprint density at radius 2 is 2.07 bits per heavy atom. The van der Waals surface area contributed by atoms with E-state index in [4.69, 9.17) is 9.15 Å². The molecule has 1 aromatic heterocycles. The van der Waals surface area contributed by atoms with Gasteiger partial charge in [-0.05, 0) is 63.3 Å². The lowest BCUT2D eigenvalue weighted by Gasteiger charge is -2.12. The number of aryl methyl sites for hydroxylation is 1. The highest BCUT2D eigenvalue weighted by Crippen LogP contribution is 2.23. The Hall–Kier alpha value is -2.56. The predicted octanol–water partition coefficient (Wildman–Crippen LogP) is 4.68. The smallest absolute Gasteiger partial charge is 0.220 e. The van der Waals surface area contributed by atoms with Crippen LogP contribution in [0.2, 0.25) is 0 Å². The molecule has 144 valence electrons. The molecule has 1 aliphatic rings. The van der Waals surface area contributed by atoms with Crippen molar-refractivity contribution in [2.45, 2.75) is 51.9 Å². The maximum atomic E-state index is 12.0. The van der Waals surface area contributed by atoms with Gasteiger partial charge in [-0.3, -0.25) is 4.79 Å². The van der Waals surface area contributed by atoms with Crippen LogP contribution in [0.5, 0.6) is 5.75 Å². The van der Waals surface area contributed by atoms with Crippen LogP contribution in [0.25, 0.3) is 11.3 Å². The first-order chi connectivity index (χ1) is 13.2. The van der Waals surface area contributed by atoms with E-state index in [1.54, 1.807) is 6.20 Å². The number of amides is 1. The Bertz CT molecular complexity index is 762. The van der Waals surface area contributed by atoms with E-state index < -0.39 is 0 Å². The zero-order chi connectivity index (χ0) is 18.9. The number of hydrogen-bond donors (Lipinski definition) is 1. The molecular weight excluding hydrogens is 340 g/mol. The first-order valence-corrected chi connectivity index (χ1v) is 9.87. The van der Waals surface area contributed by atoms with Crippen LogP contribution >= 0.6 is 0 Å². The van der Waals surface area contributed by atoms with Gasteiger partial charge in [-0.2, -0.15) is 0 Å². The molecule has 1 N–H and O–H groups in total. The molecular formula is C22H28N2O3. The van der Waals surface area contributed by atoms with Gasteiger partial charge in [0.05, 0.1) is 12.8 Å². The van der Waals surface area contributed by atoms with Crippen molar-refractivity contribution in [3.63, 3.8) is 0 Å². The lowest BCUT2D eigenvalue weighted by molar-refractivity contribution is -0.121. The van der Waals surface area contributed by atoms with Crippen molar-refractivity contribution in [3.05, 3.63) is 48.0 Å². The minimum Gasteiger partial charge on any atom is -0.494 e. The number of ether oxygens (including phenoxy) is 1. The van der Waals surface area contributed by atoms with Crippen molar-refractivity contribution in [1.82, 2.24) is 10.3 Å². The molecule has 0 bridgehead atoms. The lowest BCUT2D eigenvalue weighted by Crippen LogP contribution is -2.25. The van der Waals surface area contributed by atoms with E-state index in [-0.39, 0.29) is 5.91 Å². The quantitative estimate of drug-likeness (QED) is 0.653. The summed E-state index contributed by atoms with van der Waals surface area (Å²) in [7, 11) is 0. The Kier molecular flexibility index (Phi) is 7.08. The zero-order valence-corrected chi connectivity index (χ0v) is 16.0. The van der Waals surface area contributed by atoms with Gasteiger partial charge in [0.25, 0.3) is 0 Å². The topological polar surface area (TPSA) is 64.4 Å². The number of allylic oxidation sites excluding steroid dienone is 1. The summed E-state index contributed by atoms with van der Waals surface area (Å²) in [6.07, 6.45) is 10.8. The molecule has 0 aliphatic heterocycles. The number of nitrogens with zero attached hydrogens (tertiary/aromatic N) is 1. The molecule has 0 spiro atoms. The van der Waals surface area contributed by atoms with Crippen molar-refractivity contribution < 1.29 is 13.9 Å². The van der Waals surface area contributed by atoms with E-state index in [0.717, 1.165) is 17.7 Å². The third-order valence-electron chi connectivity index (χ3n) is 4.72. The van der Waals surface area contributed by atoms with Gasteiger partial charge in [-0.1, -0.05) is 11.6 Å². The van der Waals surface area contributed by atoms with E-state index >= 15 is 0 Å². The van der Waals surface area contributed by atoms with Crippen molar-refractivity contribution in [1.29, 1.82) is 0 Å². The van der Waals surface area contributed by atoms with E-state index in [1.807, 2.05) is 31.2 Å². The highest BCUT2D eigenvalue weighted by atomic mass is 16.5. The van der Waals surface area contributed by atoms with E-state index in [1.165, 1.54) is 31.3 Å². The van der Waals surface area contributed by atoms with Crippen LogP contribution in [0, 0.1) is 0 Å². The van der Waals surface area contributed by atoms with Crippen LogP contribution in [0.4, 0.5) is 0 Å². The number of aromatic nitrogens is 1. The third kappa shape index (κ3) is 5.98. The summed E-state index contributed by atoms with van der Waals surface area (Å²) in [6.45, 7) is 3.32. The average Bonchev–Trinajstić information content (AvgIpc) is 3.17. The summed E-state index contributed by atoms with van der Waals surface area (Å²) in [4.78, 5) is 16.3. The van der Waals surface area contributed by atoms with Gasteiger partial charge in [-0.25, -0.2) is 4.98 Å². The molecule has 5 nitrogen and oxygen atoms in total. The second-order valence-corrected chi connectivity index (χ2v) is 6.78. The first-order valence-electron chi connectivity index (χ1n) is 9.87. The van der Waals surface area contributed by atoms with Gasteiger partial charge in [0.1, 0.15) is 5.75 Å². The van der Waals surface area contributed by atoms with Gasteiger partial charge < -0.3 is 14.5 Å². The largest absolute Gasteiger partial charge is 0.494 e. The molecule has 0 radical (unpaired) electrons. The zero-order valence-electron chi connectivity index (χ0n) is 16.0. The molecule has 1 heterocycles. The molecule has 0 saturated carbocycles. The molecule has 1 aliphatic carbocycles. The number of carbonyl (C=O) groups excluding carboxylic acids is 1. The van der Waals surface area contributed by atoms with Crippen molar-refractivity contribution >= 4 is 5.91 Å². The molecule has 1 aromatic carbocycles. The number of oxazole rings is 1. The van der Waals surface area contributed by atoms with Gasteiger partial charge in [0.15, 0.2) is 11.7 Å². The normalized spacial score (nSPS) is 13.9. The van der Waals surface area contributed by atoms with Crippen LogP contribution in [0.1, 0.15) is 51.3 Å². The van der Waals surface area contributed by atoms with Gasteiger partial charge in [-0.15, -0.1) is 0 Å². The Labute approximate surface area is 160 Å². The van der Waals surface area contributed by atoms with Gasteiger partial charge in [0, 0.05) is 24.9 Å². The fourth-order valence-corrected chi connectivity index (χ4v) is 3.24. The predicted molar refractivity (Wildman–Crippen MR) is 106 cm³/mol. The molecule has 2 aromatic rings. The standard InChI is InChI=1S/C22H28N2O3/c1-2-26-19-10-8-18(9-11-19)20-16-24-22(27-20)13-12-21(25)23-15-14-17-6-4-3-5-7-17/h6,8-11,16H,2-5,7,12-15H2,1H3,(H,23,25). The number of hydrogen-bond acceptors (Lipinski definition) is 4. The number of rotatable bonds is 9. The van der Waals surface area contributed by atoms with Crippen LogP contribution in [-0.4, -0.2) is 24.0 Å². The maximum Gasteiger partial charge on any atom is 0.220 e. The monoisotopic (exact) mass is 368 g/mol. The highest BCUT2D eigenvalue weighted by Gasteiger charge is 2.10. The van der Waals surface area contributed by atoms with Gasteiger partial charge in [0.2, 0.25) is 5.91 Å². The summed E-state index contributed by atoms with van der Waals surface area (Å²) >= 11 is 0. The fourth-order valence-electron chi connectivity index (χ4n) is 3.24. The summed E-state index contributed by atoms with van der Waals surface area (Å²) in [5, 5.41) is 2.99. The Morgan fingerprint density at radius 1 is 1.22 bits per heavy atom. The average molecular weight is 368 g/mol. The van der Waals surface area contributed by atoms with E-state index in [9.17, 15) is 4.79 Å². The first kappa shape index (κ1) is 19.2. The summed E-state index contributed by atoms with van der Waals surface area (Å²) in [6, 6.07) is 7.72. The van der Waals surface area contributed by atoms with Crippen molar-refractivity contribution in [2.75, 3.05) is 13.2 Å². The molecule has 1 amide bonds. The van der Waals surface area contributed by atoms with Crippen LogP contribution in [0.3, 0.4) is 0 Å². The molecule has 27 heavy (non-hydrogen) atoms. The number of benzene rings is 1. The lowest BCUT2D eigenvalue weighted by atomic mass is 9.97. The van der Waals surface area contributed by atoms with Gasteiger partial charge >= 0.3 is 0 Å². The second kappa shape index (κ2) is 9.95. The summed E-state index contributed by atoms with van der Waals surface area (Å²) in [5.74, 6) is 2.18. The van der Waals surface area contributed by atoms with Crippen LogP contribution in [-0.2, 0) is 11.2 Å². The van der Waals surface area contributed by atoms with Crippen molar-refractivity contribution in [2.24, 2.45) is 0 Å². The van der Waals surface area contributed by atoms with Crippen molar-refractivity contribution in [3.8, 4) is 17.1 Å². The van der Waals surface area contributed by atoms with E-state index in [0.29, 0.717) is 37.6 Å². The van der Waals surface area contributed by atoms with Crippen LogP contribution in [0.15, 0.2) is 46.5 Å². The minimum atomic E-state index is 0.0484. The minimum absolute atomic E-state index is 0.0484. The fraction of sp³-hybridized carbons (Fsp3) is 0.455. The summed E-state index contributed by atoms with van der Waals surface area (Å²) < 4.78 is 11.2.